The van der Waals surface area contributed by atoms with E-state index in [1.807, 2.05) is 26.0 Å². The van der Waals surface area contributed by atoms with E-state index in [1.54, 1.807) is 12.4 Å². The molecule has 20 heavy (non-hydrogen) atoms. The van der Waals surface area contributed by atoms with Gasteiger partial charge in [-0.2, -0.15) is 0 Å². The number of carbonyl (C=O) groups excluding carboxylic acids is 1. The fourth-order valence-electron chi connectivity index (χ4n) is 2.45. The monoisotopic (exact) mass is 277 g/mol. The molecule has 1 saturated carbocycles. The molecular weight excluding hydrogens is 254 g/mol. The molecule has 3 N–H and O–H groups in total. The summed E-state index contributed by atoms with van der Waals surface area (Å²) in [5.41, 5.74) is 0.853. The summed E-state index contributed by atoms with van der Waals surface area (Å²) >= 11 is 0. The molecular formula is C15H23N3O2. The number of pyridine rings is 1. The summed E-state index contributed by atoms with van der Waals surface area (Å²) in [6.45, 7) is 5.01. The van der Waals surface area contributed by atoms with Crippen molar-refractivity contribution in [2.75, 3.05) is 6.54 Å². The average molecular weight is 277 g/mol. The predicted molar refractivity (Wildman–Crippen MR) is 77.0 cm³/mol. The first-order valence-electron chi connectivity index (χ1n) is 7.12. The van der Waals surface area contributed by atoms with Gasteiger partial charge in [0.05, 0.1) is 6.10 Å². The molecule has 1 fully saturated rings. The molecule has 0 spiro atoms. The van der Waals surface area contributed by atoms with Crippen LogP contribution in [0.25, 0.3) is 0 Å². The van der Waals surface area contributed by atoms with E-state index in [9.17, 15) is 9.90 Å². The smallest absolute Gasteiger partial charge is 0.315 e. The number of hydrogen-bond donors (Lipinski definition) is 3. The topological polar surface area (TPSA) is 74.2 Å². The van der Waals surface area contributed by atoms with E-state index >= 15 is 0 Å². The fraction of sp³-hybridized carbons (Fsp3) is 0.600. The third kappa shape index (κ3) is 3.70. The van der Waals surface area contributed by atoms with E-state index in [0.29, 0.717) is 13.1 Å². The molecule has 1 heterocycles. The predicted octanol–water partition coefficient (Wildman–Crippen LogP) is 1.68. The summed E-state index contributed by atoms with van der Waals surface area (Å²) in [4.78, 5) is 15.8. The quantitative estimate of drug-likeness (QED) is 0.740. The molecule has 1 aliphatic rings. The van der Waals surface area contributed by atoms with Gasteiger partial charge in [-0.05, 0) is 30.4 Å². The molecule has 0 saturated heterocycles. The van der Waals surface area contributed by atoms with Gasteiger partial charge >= 0.3 is 6.03 Å². The molecule has 5 nitrogen and oxygen atoms in total. The molecule has 1 atom stereocenters. The van der Waals surface area contributed by atoms with Crippen LogP contribution in [0.2, 0.25) is 0 Å². The highest BCUT2D eigenvalue weighted by Crippen LogP contribution is 2.50. The number of amides is 2. The Kier molecular flexibility index (Phi) is 4.60. The largest absolute Gasteiger partial charge is 0.392 e. The lowest BCUT2D eigenvalue weighted by Gasteiger charge is -2.25. The van der Waals surface area contributed by atoms with Gasteiger partial charge in [-0.25, -0.2) is 4.79 Å². The van der Waals surface area contributed by atoms with Gasteiger partial charge in [-0.15, -0.1) is 0 Å². The normalized spacial score (nSPS) is 17.6. The summed E-state index contributed by atoms with van der Waals surface area (Å²) in [6.07, 6.45) is 5.05. The molecule has 110 valence electrons. The van der Waals surface area contributed by atoms with E-state index < -0.39 is 0 Å². The highest BCUT2D eigenvalue weighted by molar-refractivity contribution is 5.73. The zero-order valence-electron chi connectivity index (χ0n) is 12.1. The highest BCUT2D eigenvalue weighted by Gasteiger charge is 2.49. The summed E-state index contributed by atoms with van der Waals surface area (Å²) in [5, 5.41) is 15.8. The molecule has 0 unspecified atom stereocenters. The number of nitrogens with zero attached hydrogens (tertiary/aromatic N) is 1. The third-order valence-corrected chi connectivity index (χ3v) is 3.93. The second-order valence-electron chi connectivity index (χ2n) is 5.95. The zero-order valence-corrected chi connectivity index (χ0v) is 12.1. The second kappa shape index (κ2) is 6.22. The first-order chi connectivity index (χ1) is 9.53. The van der Waals surface area contributed by atoms with Crippen LogP contribution in [0.4, 0.5) is 4.79 Å². The van der Waals surface area contributed by atoms with Crippen molar-refractivity contribution in [1.29, 1.82) is 0 Å². The molecule has 5 heteroatoms. The third-order valence-electron chi connectivity index (χ3n) is 3.93. The van der Waals surface area contributed by atoms with E-state index in [-0.39, 0.29) is 23.5 Å². The van der Waals surface area contributed by atoms with E-state index in [4.69, 9.17) is 0 Å². The van der Waals surface area contributed by atoms with Crippen LogP contribution in [0.1, 0.15) is 32.3 Å². The Labute approximate surface area is 119 Å². The Morgan fingerprint density at radius 2 is 2.20 bits per heavy atom. The Bertz CT molecular complexity index is 444. The summed E-state index contributed by atoms with van der Waals surface area (Å²) in [7, 11) is 0. The number of urea groups is 1. The Morgan fingerprint density at radius 3 is 2.75 bits per heavy atom. The highest BCUT2D eigenvalue weighted by atomic mass is 16.3. The number of nitrogens with one attached hydrogen (secondary N) is 2. The molecule has 2 amide bonds. The summed E-state index contributed by atoms with van der Waals surface area (Å²) < 4.78 is 0. The van der Waals surface area contributed by atoms with Gasteiger partial charge in [-0.1, -0.05) is 19.9 Å². The first kappa shape index (κ1) is 14.8. The molecule has 1 aliphatic carbocycles. The van der Waals surface area contributed by atoms with E-state index in [1.165, 1.54) is 0 Å². The number of hydrogen-bond acceptors (Lipinski definition) is 3. The van der Waals surface area contributed by atoms with Crippen LogP contribution >= 0.6 is 0 Å². The van der Waals surface area contributed by atoms with Crippen LogP contribution < -0.4 is 10.6 Å². The second-order valence-corrected chi connectivity index (χ2v) is 5.95. The van der Waals surface area contributed by atoms with Gasteiger partial charge in [0.25, 0.3) is 0 Å². The van der Waals surface area contributed by atoms with Crippen LogP contribution in [0, 0.1) is 11.3 Å². The number of carbonyl (C=O) groups is 1. The summed E-state index contributed by atoms with van der Waals surface area (Å²) in [5.74, 6) is 0.220. The number of aliphatic hydroxyl groups is 1. The van der Waals surface area contributed by atoms with Crippen molar-refractivity contribution in [2.24, 2.45) is 11.3 Å². The molecule has 0 aliphatic heterocycles. The maximum atomic E-state index is 11.8. The van der Waals surface area contributed by atoms with Gasteiger partial charge in [0.15, 0.2) is 0 Å². The maximum absolute atomic E-state index is 11.8. The van der Waals surface area contributed by atoms with Crippen molar-refractivity contribution in [3.63, 3.8) is 0 Å². The molecule has 0 radical (unpaired) electrons. The van der Waals surface area contributed by atoms with E-state index in [2.05, 4.69) is 15.6 Å². The Balaban J connectivity index is 1.73. The summed E-state index contributed by atoms with van der Waals surface area (Å²) in [6, 6.07) is 3.56. The van der Waals surface area contributed by atoms with Gasteiger partial charge in [0, 0.05) is 30.9 Å². The van der Waals surface area contributed by atoms with Crippen molar-refractivity contribution in [2.45, 2.75) is 39.3 Å². The van der Waals surface area contributed by atoms with Gasteiger partial charge < -0.3 is 15.7 Å². The van der Waals surface area contributed by atoms with Crippen LogP contribution in [0.3, 0.4) is 0 Å². The minimum absolute atomic E-state index is 0.111. The SMILES string of the molecule is CC(C)[C@@H](O)C1(CNC(=O)NCc2cccnc2)CC1. The van der Waals surface area contributed by atoms with Crippen molar-refractivity contribution >= 4 is 6.03 Å². The lowest BCUT2D eigenvalue weighted by atomic mass is 9.90. The lowest BCUT2D eigenvalue weighted by Crippen LogP contribution is -2.42. The van der Waals surface area contributed by atoms with Crippen LogP contribution in [-0.4, -0.2) is 28.8 Å². The lowest BCUT2D eigenvalue weighted by molar-refractivity contribution is 0.0515. The first-order valence-corrected chi connectivity index (χ1v) is 7.12. The Morgan fingerprint density at radius 1 is 1.45 bits per heavy atom. The standard InChI is InChI=1S/C15H23N3O2/c1-11(2)13(19)15(5-6-15)10-18-14(20)17-9-12-4-3-7-16-8-12/h3-4,7-8,11,13,19H,5-6,9-10H2,1-2H3,(H2,17,18,20)/t13-/m1/s1. The zero-order chi connectivity index (χ0) is 14.6. The average Bonchev–Trinajstić information content (AvgIpc) is 3.24. The van der Waals surface area contributed by atoms with E-state index in [0.717, 1.165) is 18.4 Å². The minimum Gasteiger partial charge on any atom is -0.392 e. The molecule has 1 aromatic rings. The van der Waals surface area contributed by atoms with Crippen LogP contribution in [0.5, 0.6) is 0 Å². The number of aromatic nitrogens is 1. The molecule has 2 rings (SSSR count). The van der Waals surface area contributed by atoms with Crippen molar-refractivity contribution in [3.8, 4) is 0 Å². The Hall–Kier alpha value is -1.62. The minimum atomic E-state index is -0.346. The molecule has 0 bridgehead atoms. The molecule has 1 aromatic heterocycles. The van der Waals surface area contributed by atoms with Crippen molar-refractivity contribution in [3.05, 3.63) is 30.1 Å². The number of aliphatic hydroxyl groups excluding tert-OH is 1. The van der Waals surface area contributed by atoms with Gasteiger partial charge in [0.1, 0.15) is 0 Å². The number of rotatable bonds is 6. The maximum Gasteiger partial charge on any atom is 0.315 e. The van der Waals surface area contributed by atoms with Crippen molar-refractivity contribution < 1.29 is 9.90 Å². The van der Waals surface area contributed by atoms with Crippen LogP contribution in [0.15, 0.2) is 24.5 Å². The molecule has 0 aromatic carbocycles. The van der Waals surface area contributed by atoms with Crippen molar-refractivity contribution in [1.82, 2.24) is 15.6 Å². The van der Waals surface area contributed by atoms with Crippen LogP contribution in [-0.2, 0) is 6.54 Å². The van der Waals surface area contributed by atoms with Gasteiger partial charge in [-0.3, -0.25) is 4.98 Å². The van der Waals surface area contributed by atoms with Gasteiger partial charge in [0.2, 0.25) is 0 Å². The fourth-order valence-corrected chi connectivity index (χ4v) is 2.45.